The third kappa shape index (κ3) is 2.49. The first-order valence-electron chi connectivity index (χ1n) is 5.95. The number of allylic oxidation sites excluding steroid dienone is 4. The molecule has 0 aromatic rings. The third-order valence-electron chi connectivity index (χ3n) is 3.21. The van der Waals surface area contributed by atoms with Crippen molar-refractivity contribution in [2.24, 2.45) is 22.7 Å². The average molecular weight is 218 g/mol. The second-order valence-corrected chi connectivity index (χ2v) is 4.78. The first-order valence-corrected chi connectivity index (χ1v) is 5.95. The Balaban J connectivity index is 3.15. The lowest BCUT2D eigenvalue weighted by Gasteiger charge is -2.29. The molecule has 0 amide bonds. The van der Waals surface area contributed by atoms with Gasteiger partial charge in [-0.3, -0.25) is 4.99 Å². The number of nitrogens with zero attached hydrogens (tertiary/aromatic N) is 1. The summed E-state index contributed by atoms with van der Waals surface area (Å²) in [5.41, 5.74) is 2.66. The lowest BCUT2D eigenvalue weighted by atomic mass is 9.77. The Labute approximate surface area is 98.7 Å². The van der Waals surface area contributed by atoms with Crippen LogP contribution in [0.1, 0.15) is 34.6 Å². The molecular formula is C14H22N2. The Bertz CT molecular complexity index is 359. The summed E-state index contributed by atoms with van der Waals surface area (Å²) >= 11 is 0. The maximum absolute atomic E-state index is 7.78. The highest BCUT2D eigenvalue weighted by Gasteiger charge is 2.27. The largest absolute Gasteiger partial charge is 0.305 e. The SMILES string of the molecule is CC=NC1=C(C(C)=N)C=CC(C(C)C)C1C. The van der Waals surface area contributed by atoms with E-state index in [-0.39, 0.29) is 0 Å². The van der Waals surface area contributed by atoms with Crippen LogP contribution >= 0.6 is 0 Å². The molecule has 2 heteroatoms. The molecule has 0 saturated heterocycles. The molecule has 0 aromatic heterocycles. The molecule has 0 heterocycles. The number of nitrogens with one attached hydrogen (secondary N) is 1. The van der Waals surface area contributed by atoms with Crippen molar-refractivity contribution in [2.45, 2.75) is 34.6 Å². The lowest BCUT2D eigenvalue weighted by molar-refractivity contribution is 0.364. The first kappa shape index (κ1) is 12.9. The van der Waals surface area contributed by atoms with Gasteiger partial charge in [-0.2, -0.15) is 0 Å². The number of rotatable bonds is 3. The van der Waals surface area contributed by atoms with Crippen LogP contribution in [0.4, 0.5) is 0 Å². The zero-order chi connectivity index (χ0) is 12.3. The van der Waals surface area contributed by atoms with Gasteiger partial charge in [0.1, 0.15) is 0 Å². The van der Waals surface area contributed by atoms with E-state index in [0.717, 1.165) is 11.3 Å². The van der Waals surface area contributed by atoms with Crippen LogP contribution in [-0.2, 0) is 0 Å². The summed E-state index contributed by atoms with van der Waals surface area (Å²) in [7, 11) is 0. The van der Waals surface area contributed by atoms with Gasteiger partial charge in [0.2, 0.25) is 0 Å². The van der Waals surface area contributed by atoms with Gasteiger partial charge in [-0.25, -0.2) is 0 Å². The molecule has 0 bridgehead atoms. The van der Waals surface area contributed by atoms with Crippen LogP contribution < -0.4 is 0 Å². The van der Waals surface area contributed by atoms with Gasteiger partial charge in [0.05, 0.1) is 5.70 Å². The van der Waals surface area contributed by atoms with Crippen LogP contribution in [0.15, 0.2) is 28.4 Å². The summed E-state index contributed by atoms with van der Waals surface area (Å²) in [4.78, 5) is 4.46. The van der Waals surface area contributed by atoms with E-state index in [1.807, 2.05) is 20.1 Å². The number of hydrogen-bond donors (Lipinski definition) is 1. The summed E-state index contributed by atoms with van der Waals surface area (Å²) in [6.07, 6.45) is 6.12. The van der Waals surface area contributed by atoms with Gasteiger partial charge in [-0.1, -0.05) is 32.9 Å². The van der Waals surface area contributed by atoms with Gasteiger partial charge >= 0.3 is 0 Å². The highest BCUT2D eigenvalue weighted by Crippen LogP contribution is 2.35. The van der Waals surface area contributed by atoms with Gasteiger partial charge in [0.25, 0.3) is 0 Å². The highest BCUT2D eigenvalue weighted by molar-refractivity contribution is 5.99. The van der Waals surface area contributed by atoms with E-state index in [0.29, 0.717) is 23.5 Å². The molecule has 0 aromatic carbocycles. The van der Waals surface area contributed by atoms with E-state index in [4.69, 9.17) is 5.41 Å². The van der Waals surface area contributed by atoms with Crippen LogP contribution in [0, 0.1) is 23.2 Å². The molecule has 16 heavy (non-hydrogen) atoms. The highest BCUT2D eigenvalue weighted by atomic mass is 14.8. The molecule has 1 aliphatic rings. The topological polar surface area (TPSA) is 36.2 Å². The molecule has 0 saturated carbocycles. The summed E-state index contributed by atoms with van der Waals surface area (Å²) in [5, 5.41) is 7.78. The molecule has 1 N–H and O–H groups in total. The summed E-state index contributed by atoms with van der Waals surface area (Å²) in [5.74, 6) is 1.54. The zero-order valence-corrected chi connectivity index (χ0v) is 10.9. The fraction of sp³-hybridized carbons (Fsp3) is 0.571. The van der Waals surface area contributed by atoms with Crippen LogP contribution in [0.5, 0.6) is 0 Å². The van der Waals surface area contributed by atoms with Gasteiger partial charge < -0.3 is 5.41 Å². The molecule has 0 radical (unpaired) electrons. The first-order chi connectivity index (χ1) is 7.49. The lowest BCUT2D eigenvalue weighted by Crippen LogP contribution is -2.22. The minimum Gasteiger partial charge on any atom is -0.305 e. The fourth-order valence-electron chi connectivity index (χ4n) is 2.33. The second-order valence-electron chi connectivity index (χ2n) is 4.78. The minimum atomic E-state index is 0.400. The maximum Gasteiger partial charge on any atom is 0.0523 e. The average Bonchev–Trinajstić information content (AvgIpc) is 2.20. The quantitative estimate of drug-likeness (QED) is 0.699. The Morgan fingerprint density at radius 1 is 1.50 bits per heavy atom. The third-order valence-corrected chi connectivity index (χ3v) is 3.21. The molecule has 2 unspecified atom stereocenters. The van der Waals surface area contributed by atoms with E-state index in [2.05, 4.69) is 37.9 Å². The fourth-order valence-corrected chi connectivity index (χ4v) is 2.33. The van der Waals surface area contributed by atoms with Crippen molar-refractivity contribution >= 4 is 11.9 Å². The molecule has 0 aliphatic heterocycles. The van der Waals surface area contributed by atoms with Crippen molar-refractivity contribution in [2.75, 3.05) is 0 Å². The monoisotopic (exact) mass is 218 g/mol. The van der Waals surface area contributed by atoms with Gasteiger partial charge in [-0.15, -0.1) is 0 Å². The molecular weight excluding hydrogens is 196 g/mol. The summed E-state index contributed by atoms with van der Waals surface area (Å²) in [6, 6.07) is 0. The van der Waals surface area contributed by atoms with E-state index in [9.17, 15) is 0 Å². The van der Waals surface area contributed by atoms with Gasteiger partial charge in [0, 0.05) is 23.4 Å². The second kappa shape index (κ2) is 5.24. The molecule has 88 valence electrons. The standard InChI is InChI=1S/C14H22N2/c1-6-16-14-10(4)12(9(2)3)7-8-13(14)11(5)15/h6-10,12,15H,1-5H3. The molecule has 2 nitrogen and oxygen atoms in total. The minimum absolute atomic E-state index is 0.400. The van der Waals surface area contributed by atoms with E-state index < -0.39 is 0 Å². The van der Waals surface area contributed by atoms with Crippen LogP contribution in [0.25, 0.3) is 0 Å². The molecule has 2 atom stereocenters. The number of aliphatic imine (C=N–C) groups is 1. The van der Waals surface area contributed by atoms with Crippen molar-refractivity contribution < 1.29 is 0 Å². The Morgan fingerprint density at radius 3 is 2.56 bits per heavy atom. The predicted octanol–water partition coefficient (Wildman–Crippen LogP) is 3.85. The van der Waals surface area contributed by atoms with Crippen molar-refractivity contribution in [1.82, 2.24) is 0 Å². The molecule has 1 rings (SSSR count). The van der Waals surface area contributed by atoms with Crippen LogP contribution in [0.3, 0.4) is 0 Å². The summed E-state index contributed by atoms with van der Waals surface area (Å²) in [6.45, 7) is 10.4. The van der Waals surface area contributed by atoms with E-state index >= 15 is 0 Å². The molecule has 0 spiro atoms. The molecule has 1 aliphatic carbocycles. The maximum atomic E-state index is 7.78. The zero-order valence-electron chi connectivity index (χ0n) is 10.9. The van der Waals surface area contributed by atoms with Crippen molar-refractivity contribution in [1.29, 1.82) is 5.41 Å². The smallest absolute Gasteiger partial charge is 0.0523 e. The van der Waals surface area contributed by atoms with Crippen molar-refractivity contribution in [3.63, 3.8) is 0 Å². The number of hydrogen-bond acceptors (Lipinski definition) is 2. The van der Waals surface area contributed by atoms with Gasteiger partial charge in [-0.05, 0) is 25.7 Å². The predicted molar refractivity (Wildman–Crippen MR) is 71.2 cm³/mol. The Hall–Kier alpha value is -1.18. The van der Waals surface area contributed by atoms with Gasteiger partial charge in [0.15, 0.2) is 0 Å². The Morgan fingerprint density at radius 2 is 2.12 bits per heavy atom. The van der Waals surface area contributed by atoms with E-state index in [1.165, 1.54) is 0 Å². The summed E-state index contributed by atoms with van der Waals surface area (Å²) < 4.78 is 0. The van der Waals surface area contributed by atoms with Crippen LogP contribution in [-0.4, -0.2) is 11.9 Å². The normalized spacial score (nSPS) is 25.9. The van der Waals surface area contributed by atoms with E-state index in [1.54, 1.807) is 0 Å². The van der Waals surface area contributed by atoms with Crippen molar-refractivity contribution in [3.8, 4) is 0 Å². The van der Waals surface area contributed by atoms with Crippen molar-refractivity contribution in [3.05, 3.63) is 23.4 Å². The van der Waals surface area contributed by atoms with Crippen LogP contribution in [0.2, 0.25) is 0 Å². The Kier molecular flexibility index (Phi) is 4.22. The molecule has 0 fully saturated rings.